The Morgan fingerprint density at radius 3 is 2.84 bits per heavy atom. The molecule has 6 aromatic rings. The fourth-order valence-electron chi connectivity index (χ4n) is 6.68. The van der Waals surface area contributed by atoms with Crippen molar-refractivity contribution in [3.63, 3.8) is 0 Å². The van der Waals surface area contributed by atoms with E-state index in [-0.39, 0.29) is 17.9 Å². The lowest BCUT2D eigenvalue weighted by Gasteiger charge is -2.31. The largest absolute Gasteiger partial charge is 0.383 e. The van der Waals surface area contributed by atoms with Gasteiger partial charge in [-0.1, -0.05) is 17.9 Å². The second kappa shape index (κ2) is 10.8. The smallest absolute Gasteiger partial charge is 0.245 e. The van der Waals surface area contributed by atoms with Gasteiger partial charge in [0.15, 0.2) is 17.3 Å². The summed E-state index contributed by atoms with van der Waals surface area (Å²) >= 11 is 0. The van der Waals surface area contributed by atoms with E-state index in [0.717, 1.165) is 54.7 Å². The number of fused-ring (bicyclic) bond motifs is 2. The van der Waals surface area contributed by atoms with E-state index in [4.69, 9.17) is 15.7 Å². The van der Waals surface area contributed by atoms with Crippen LogP contribution < -0.4 is 5.73 Å². The Hall–Kier alpha value is -5.65. The molecule has 1 saturated heterocycles. The van der Waals surface area contributed by atoms with Crippen LogP contribution in [-0.4, -0.2) is 68.2 Å². The van der Waals surface area contributed by atoms with Crippen molar-refractivity contribution in [3.8, 4) is 22.9 Å². The van der Waals surface area contributed by atoms with Crippen LogP contribution in [0.15, 0.2) is 86.0 Å². The van der Waals surface area contributed by atoms with Crippen molar-refractivity contribution < 1.29 is 4.79 Å². The number of carbonyl (C=O) groups is 1. The molecular weight excluding hydrogens is 566 g/mol. The van der Waals surface area contributed by atoms with Crippen LogP contribution in [0, 0.1) is 0 Å². The van der Waals surface area contributed by atoms with Gasteiger partial charge in [-0.15, -0.1) is 5.10 Å². The number of carbonyl (C=O) groups excluding carboxylic acids is 1. The Morgan fingerprint density at radius 1 is 1.07 bits per heavy atom. The lowest BCUT2D eigenvalue weighted by molar-refractivity contribution is -0.127. The topological polar surface area (TPSA) is 138 Å². The first-order valence-electron chi connectivity index (χ1n) is 15.1. The number of benzene rings is 1. The van der Waals surface area contributed by atoms with Crippen molar-refractivity contribution in [2.45, 2.75) is 37.6 Å². The summed E-state index contributed by atoms with van der Waals surface area (Å²) in [7, 11) is 0. The fourth-order valence-corrected chi connectivity index (χ4v) is 6.68. The highest BCUT2D eigenvalue weighted by atomic mass is 16.2. The lowest BCUT2D eigenvalue weighted by atomic mass is 9.95. The van der Waals surface area contributed by atoms with Crippen LogP contribution in [0.5, 0.6) is 0 Å². The maximum Gasteiger partial charge on any atom is 0.245 e. The first-order valence-corrected chi connectivity index (χ1v) is 15.1. The van der Waals surface area contributed by atoms with E-state index < -0.39 is 0 Å². The van der Waals surface area contributed by atoms with E-state index in [2.05, 4.69) is 55.9 Å². The summed E-state index contributed by atoms with van der Waals surface area (Å²) in [6.45, 7) is 5.05. The van der Waals surface area contributed by atoms with Crippen molar-refractivity contribution in [3.05, 3.63) is 103 Å². The number of piperidine rings is 1. The van der Waals surface area contributed by atoms with Crippen molar-refractivity contribution in [1.82, 2.24) is 49.2 Å². The zero-order valence-corrected chi connectivity index (χ0v) is 24.6. The summed E-state index contributed by atoms with van der Waals surface area (Å²) in [5.74, 6) is 1.91. The molecule has 1 unspecified atom stereocenters. The predicted octanol–water partition coefficient (Wildman–Crippen LogP) is 4.27. The van der Waals surface area contributed by atoms with Crippen LogP contribution in [-0.2, 0) is 11.2 Å². The standard InChI is InChI=1S/C33H31N11O/c1-2-30(45)41-16-4-6-22(19-41)27-20-43(40-39-27)28-12-8-21-18-23(9-10-24(21)28)44-32(25-7-3-14-35-31(25)34)37-26-11-13-29(38-33(26)44)42-17-5-15-36-42/h2-3,5,7,9-11,13-15,17-18,20,22,28H,1,4,6,8,12,16,19H2,(H2,34,35)/t22?,28-/m0/s1. The van der Waals surface area contributed by atoms with Gasteiger partial charge in [0.1, 0.15) is 11.3 Å². The van der Waals surface area contributed by atoms with E-state index in [1.54, 1.807) is 17.1 Å². The first kappa shape index (κ1) is 26.9. The molecule has 0 radical (unpaired) electrons. The number of nitrogen functional groups attached to an aromatic ring is 1. The molecule has 2 atom stereocenters. The molecule has 1 fully saturated rings. The normalized spacial score (nSPS) is 17.9. The van der Waals surface area contributed by atoms with Gasteiger partial charge in [0.25, 0.3) is 0 Å². The molecule has 0 spiro atoms. The summed E-state index contributed by atoms with van der Waals surface area (Å²) in [4.78, 5) is 28.3. The van der Waals surface area contributed by atoms with E-state index in [1.165, 1.54) is 17.2 Å². The summed E-state index contributed by atoms with van der Waals surface area (Å²) in [6, 6.07) is 16.1. The fraction of sp³-hybridized carbons (Fsp3) is 0.242. The zero-order valence-electron chi connectivity index (χ0n) is 24.6. The molecule has 1 aliphatic heterocycles. The Balaban J connectivity index is 1.16. The Bertz CT molecular complexity index is 2060. The molecule has 224 valence electrons. The van der Waals surface area contributed by atoms with Crippen LogP contribution in [0.4, 0.5) is 5.82 Å². The van der Waals surface area contributed by atoms with Crippen LogP contribution in [0.2, 0.25) is 0 Å². The van der Waals surface area contributed by atoms with Gasteiger partial charge >= 0.3 is 0 Å². The second-order valence-electron chi connectivity index (χ2n) is 11.6. The van der Waals surface area contributed by atoms with Gasteiger partial charge in [-0.25, -0.2) is 24.3 Å². The maximum atomic E-state index is 12.2. The van der Waals surface area contributed by atoms with Crippen LogP contribution in [0.3, 0.4) is 0 Å². The highest BCUT2D eigenvalue weighted by molar-refractivity contribution is 5.87. The average molecular weight is 598 g/mol. The van der Waals surface area contributed by atoms with E-state index in [9.17, 15) is 4.79 Å². The molecule has 1 aliphatic carbocycles. The Morgan fingerprint density at radius 2 is 2.00 bits per heavy atom. The van der Waals surface area contributed by atoms with Crippen molar-refractivity contribution in [2.24, 2.45) is 0 Å². The minimum atomic E-state index is -0.0273. The number of aromatic nitrogens is 9. The molecule has 8 rings (SSSR count). The molecule has 1 amide bonds. The second-order valence-corrected chi connectivity index (χ2v) is 11.6. The number of nitrogens with zero attached hydrogens (tertiary/aromatic N) is 10. The first-order chi connectivity index (χ1) is 22.1. The summed E-state index contributed by atoms with van der Waals surface area (Å²) in [5.41, 5.74) is 12.9. The van der Waals surface area contributed by atoms with Crippen LogP contribution in [0.1, 0.15) is 48.0 Å². The van der Waals surface area contributed by atoms with Gasteiger partial charge in [0.05, 0.1) is 17.3 Å². The van der Waals surface area contributed by atoms with Crippen LogP contribution >= 0.6 is 0 Å². The minimum Gasteiger partial charge on any atom is -0.383 e. The predicted molar refractivity (Wildman–Crippen MR) is 169 cm³/mol. The van der Waals surface area contributed by atoms with Crippen molar-refractivity contribution in [1.29, 1.82) is 0 Å². The highest BCUT2D eigenvalue weighted by Crippen LogP contribution is 2.38. The molecule has 1 aromatic carbocycles. The van der Waals surface area contributed by atoms with Gasteiger partial charge < -0.3 is 10.6 Å². The molecular formula is C33H31N11O. The molecule has 5 aromatic heterocycles. The van der Waals surface area contributed by atoms with Crippen molar-refractivity contribution >= 4 is 22.9 Å². The number of rotatable bonds is 6. The SMILES string of the molecule is C=CC(=O)N1CCCC(c2cn([C@H]3CCc4cc(-n5c(-c6cccnc6N)nc6ccc(-n7cccn7)nc65)ccc43)nn2)C1. The number of nitrogens with two attached hydrogens (primary N) is 1. The summed E-state index contributed by atoms with van der Waals surface area (Å²) < 4.78 is 5.77. The molecule has 12 nitrogen and oxygen atoms in total. The Labute approximate surface area is 258 Å². The van der Waals surface area contributed by atoms with E-state index in [1.807, 2.05) is 46.1 Å². The number of amides is 1. The third-order valence-electron chi connectivity index (χ3n) is 8.91. The van der Waals surface area contributed by atoms with Gasteiger partial charge in [-0.2, -0.15) is 5.10 Å². The van der Waals surface area contributed by atoms with E-state index >= 15 is 0 Å². The number of hydrogen-bond acceptors (Lipinski definition) is 8. The number of pyridine rings is 2. The molecule has 0 saturated carbocycles. The number of hydrogen-bond donors (Lipinski definition) is 1. The number of likely N-dealkylation sites (tertiary alicyclic amines) is 1. The maximum absolute atomic E-state index is 12.2. The summed E-state index contributed by atoms with van der Waals surface area (Å²) in [6.07, 6.45) is 12.5. The molecule has 2 aliphatic rings. The van der Waals surface area contributed by atoms with Crippen LogP contribution in [0.25, 0.3) is 34.1 Å². The van der Waals surface area contributed by atoms with Gasteiger partial charge in [0, 0.05) is 49.5 Å². The van der Waals surface area contributed by atoms with Gasteiger partial charge in [-0.3, -0.25) is 9.36 Å². The number of imidazole rings is 1. The molecule has 2 N–H and O–H groups in total. The van der Waals surface area contributed by atoms with Gasteiger partial charge in [-0.05, 0) is 85.4 Å². The number of aryl methyl sites for hydroxylation is 1. The zero-order chi connectivity index (χ0) is 30.5. The third kappa shape index (κ3) is 4.65. The Kier molecular flexibility index (Phi) is 6.47. The molecule has 12 heteroatoms. The molecule has 6 heterocycles. The third-order valence-corrected chi connectivity index (χ3v) is 8.91. The monoisotopic (exact) mass is 597 g/mol. The van der Waals surface area contributed by atoms with Crippen molar-refractivity contribution in [2.75, 3.05) is 18.8 Å². The minimum absolute atomic E-state index is 0.0273. The highest BCUT2D eigenvalue weighted by Gasteiger charge is 2.30. The average Bonchev–Trinajstić information content (AvgIpc) is 3.90. The quantitative estimate of drug-likeness (QED) is 0.281. The summed E-state index contributed by atoms with van der Waals surface area (Å²) in [5, 5.41) is 13.5. The number of anilines is 1. The lowest BCUT2D eigenvalue weighted by Crippen LogP contribution is -2.38. The van der Waals surface area contributed by atoms with E-state index in [0.29, 0.717) is 29.7 Å². The molecule has 45 heavy (non-hydrogen) atoms. The molecule has 0 bridgehead atoms. The van der Waals surface area contributed by atoms with Gasteiger partial charge in [0.2, 0.25) is 5.91 Å².